The molecule has 1 unspecified atom stereocenters. The average Bonchev–Trinajstić information content (AvgIpc) is 2.38. The van der Waals surface area contributed by atoms with Crippen LogP contribution >= 0.6 is 0 Å². The Bertz CT molecular complexity index is 433. The van der Waals surface area contributed by atoms with Gasteiger partial charge >= 0.3 is 0 Å². The van der Waals surface area contributed by atoms with Gasteiger partial charge in [-0.15, -0.1) is 0 Å². The Morgan fingerprint density at radius 3 is 2.58 bits per heavy atom. The zero-order chi connectivity index (χ0) is 14.3. The normalized spacial score (nSPS) is 11.8. The topological polar surface area (TPSA) is 107 Å². The molecule has 0 aromatic heterocycles. The molecule has 1 aromatic rings. The summed E-state index contributed by atoms with van der Waals surface area (Å²) in [6.07, 6.45) is 0.445. The smallest absolute Gasteiger partial charge is 0.269 e. The summed E-state index contributed by atoms with van der Waals surface area (Å²) < 4.78 is 5.40. The Labute approximate surface area is 110 Å². The Morgan fingerprint density at radius 2 is 2.11 bits per heavy atom. The molecular formula is C12H17N3O4. The second kappa shape index (κ2) is 7.32. The third-order valence-corrected chi connectivity index (χ3v) is 2.52. The third kappa shape index (κ3) is 4.92. The van der Waals surface area contributed by atoms with Crippen LogP contribution in [0.4, 0.5) is 5.69 Å². The van der Waals surface area contributed by atoms with Crippen molar-refractivity contribution in [2.45, 2.75) is 19.4 Å². The van der Waals surface area contributed by atoms with E-state index in [9.17, 15) is 14.9 Å². The van der Waals surface area contributed by atoms with E-state index < -0.39 is 16.9 Å². The number of nitrogens with zero attached hydrogens (tertiary/aromatic N) is 1. The van der Waals surface area contributed by atoms with Gasteiger partial charge in [-0.25, -0.2) is 0 Å². The Balaban J connectivity index is 2.43. The molecule has 104 valence electrons. The van der Waals surface area contributed by atoms with Gasteiger partial charge in [0.15, 0.2) is 0 Å². The lowest BCUT2D eigenvalue weighted by atomic mass is 10.2. The first-order chi connectivity index (χ1) is 9.04. The molecule has 7 heteroatoms. The summed E-state index contributed by atoms with van der Waals surface area (Å²) in [7, 11) is 0. The molecule has 19 heavy (non-hydrogen) atoms. The number of nitro groups is 1. The van der Waals surface area contributed by atoms with Crippen LogP contribution in [0.5, 0.6) is 5.75 Å². The van der Waals surface area contributed by atoms with Crippen LogP contribution in [0.15, 0.2) is 24.3 Å². The van der Waals surface area contributed by atoms with Crippen LogP contribution in [0.25, 0.3) is 0 Å². The number of hydrogen-bond acceptors (Lipinski definition) is 5. The molecule has 0 saturated heterocycles. The van der Waals surface area contributed by atoms with E-state index in [0.29, 0.717) is 25.3 Å². The Morgan fingerprint density at radius 1 is 1.47 bits per heavy atom. The summed E-state index contributed by atoms with van der Waals surface area (Å²) in [6.45, 7) is 2.83. The quantitative estimate of drug-likeness (QED) is 0.535. The van der Waals surface area contributed by atoms with Crippen molar-refractivity contribution in [3.05, 3.63) is 34.4 Å². The standard InChI is InChI=1S/C12H17N3O4/c1-2-14-11(12(13)16)7-8-19-10-5-3-9(4-6-10)15(17)18/h3-6,11,14H,2,7-8H2,1H3,(H2,13,16). The summed E-state index contributed by atoms with van der Waals surface area (Å²) in [5.41, 5.74) is 5.23. The summed E-state index contributed by atoms with van der Waals surface area (Å²) >= 11 is 0. The molecule has 1 rings (SSSR count). The van der Waals surface area contributed by atoms with E-state index in [-0.39, 0.29) is 5.69 Å². The highest BCUT2D eigenvalue weighted by atomic mass is 16.6. The highest BCUT2D eigenvalue weighted by Gasteiger charge is 2.13. The molecule has 0 heterocycles. The number of amides is 1. The monoisotopic (exact) mass is 267 g/mol. The fourth-order valence-electron chi connectivity index (χ4n) is 1.55. The summed E-state index contributed by atoms with van der Waals surface area (Å²) in [6, 6.07) is 5.34. The largest absolute Gasteiger partial charge is 0.494 e. The summed E-state index contributed by atoms with van der Waals surface area (Å²) in [5.74, 6) is 0.0967. The number of non-ortho nitro benzene ring substituents is 1. The maximum atomic E-state index is 11.1. The maximum Gasteiger partial charge on any atom is 0.269 e. The van der Waals surface area contributed by atoms with E-state index >= 15 is 0 Å². The lowest BCUT2D eigenvalue weighted by Crippen LogP contribution is -2.42. The zero-order valence-electron chi connectivity index (χ0n) is 10.7. The molecule has 1 aromatic carbocycles. The number of primary amides is 1. The van der Waals surface area contributed by atoms with Crippen LogP contribution in [0.1, 0.15) is 13.3 Å². The van der Waals surface area contributed by atoms with Gasteiger partial charge < -0.3 is 15.8 Å². The predicted octanol–water partition coefficient (Wildman–Crippen LogP) is 0.827. The molecule has 0 saturated carbocycles. The number of nitrogens with two attached hydrogens (primary N) is 1. The SMILES string of the molecule is CCNC(CCOc1ccc([N+](=O)[O-])cc1)C(N)=O. The molecule has 0 fully saturated rings. The number of hydrogen-bond donors (Lipinski definition) is 2. The van der Waals surface area contributed by atoms with E-state index in [2.05, 4.69) is 5.32 Å². The van der Waals surface area contributed by atoms with Gasteiger partial charge in [0.1, 0.15) is 5.75 Å². The van der Waals surface area contributed by atoms with Crippen LogP contribution < -0.4 is 15.8 Å². The van der Waals surface area contributed by atoms with Gasteiger partial charge in [-0.2, -0.15) is 0 Å². The highest BCUT2D eigenvalue weighted by molar-refractivity contribution is 5.79. The molecule has 0 radical (unpaired) electrons. The third-order valence-electron chi connectivity index (χ3n) is 2.52. The van der Waals surface area contributed by atoms with Gasteiger partial charge in [-0.1, -0.05) is 6.92 Å². The van der Waals surface area contributed by atoms with Crippen molar-refractivity contribution in [3.8, 4) is 5.75 Å². The molecule has 1 atom stereocenters. The van der Waals surface area contributed by atoms with Crippen LogP contribution in [-0.4, -0.2) is 30.0 Å². The maximum absolute atomic E-state index is 11.1. The fraction of sp³-hybridized carbons (Fsp3) is 0.417. The number of nitrogens with one attached hydrogen (secondary N) is 1. The first-order valence-electron chi connectivity index (χ1n) is 5.94. The molecular weight excluding hydrogens is 250 g/mol. The molecule has 0 spiro atoms. The number of ether oxygens (including phenoxy) is 1. The Kier molecular flexibility index (Phi) is 5.74. The van der Waals surface area contributed by atoms with E-state index in [0.717, 1.165) is 0 Å². The van der Waals surface area contributed by atoms with Crippen molar-refractivity contribution in [2.75, 3.05) is 13.2 Å². The first kappa shape index (κ1) is 14.9. The van der Waals surface area contributed by atoms with Gasteiger partial charge in [0, 0.05) is 18.6 Å². The van der Waals surface area contributed by atoms with Crippen LogP contribution in [0.2, 0.25) is 0 Å². The molecule has 0 aliphatic heterocycles. The Hall–Kier alpha value is -2.15. The lowest BCUT2D eigenvalue weighted by Gasteiger charge is -2.14. The molecule has 0 bridgehead atoms. The second-order valence-corrected chi connectivity index (χ2v) is 3.90. The van der Waals surface area contributed by atoms with Gasteiger partial charge in [-0.05, 0) is 18.7 Å². The van der Waals surface area contributed by atoms with E-state index in [4.69, 9.17) is 10.5 Å². The van der Waals surface area contributed by atoms with Crippen molar-refractivity contribution < 1.29 is 14.5 Å². The molecule has 0 aliphatic rings. The average molecular weight is 267 g/mol. The van der Waals surface area contributed by atoms with Crippen molar-refractivity contribution >= 4 is 11.6 Å². The van der Waals surface area contributed by atoms with Gasteiger partial charge in [0.25, 0.3) is 5.69 Å². The van der Waals surface area contributed by atoms with Crippen molar-refractivity contribution in [3.63, 3.8) is 0 Å². The zero-order valence-corrected chi connectivity index (χ0v) is 10.7. The molecule has 1 amide bonds. The van der Waals surface area contributed by atoms with E-state index in [1.54, 1.807) is 0 Å². The van der Waals surface area contributed by atoms with E-state index in [1.807, 2.05) is 6.92 Å². The van der Waals surface area contributed by atoms with Crippen molar-refractivity contribution in [2.24, 2.45) is 5.73 Å². The summed E-state index contributed by atoms with van der Waals surface area (Å²) in [4.78, 5) is 21.1. The number of nitro benzene ring substituents is 1. The van der Waals surface area contributed by atoms with Gasteiger partial charge in [0.05, 0.1) is 17.6 Å². The number of carbonyl (C=O) groups is 1. The fourth-order valence-corrected chi connectivity index (χ4v) is 1.55. The molecule has 3 N–H and O–H groups in total. The number of likely N-dealkylation sites (N-methyl/N-ethyl adjacent to an activating group) is 1. The first-order valence-corrected chi connectivity index (χ1v) is 5.94. The minimum absolute atomic E-state index is 0.00927. The minimum atomic E-state index is -0.474. The minimum Gasteiger partial charge on any atom is -0.494 e. The lowest BCUT2D eigenvalue weighted by molar-refractivity contribution is -0.384. The molecule has 7 nitrogen and oxygen atoms in total. The van der Waals surface area contributed by atoms with E-state index in [1.165, 1.54) is 24.3 Å². The predicted molar refractivity (Wildman–Crippen MR) is 69.9 cm³/mol. The van der Waals surface area contributed by atoms with Crippen LogP contribution in [0.3, 0.4) is 0 Å². The number of benzene rings is 1. The van der Waals surface area contributed by atoms with Crippen LogP contribution in [0, 0.1) is 10.1 Å². The van der Waals surface area contributed by atoms with Crippen molar-refractivity contribution in [1.29, 1.82) is 0 Å². The number of carbonyl (C=O) groups excluding carboxylic acids is 1. The summed E-state index contributed by atoms with van der Waals surface area (Å²) in [5, 5.41) is 13.4. The molecule has 0 aliphatic carbocycles. The second-order valence-electron chi connectivity index (χ2n) is 3.90. The van der Waals surface area contributed by atoms with Crippen LogP contribution in [-0.2, 0) is 4.79 Å². The highest BCUT2D eigenvalue weighted by Crippen LogP contribution is 2.17. The van der Waals surface area contributed by atoms with Gasteiger partial charge in [-0.3, -0.25) is 14.9 Å². The van der Waals surface area contributed by atoms with Crippen molar-refractivity contribution in [1.82, 2.24) is 5.32 Å². The number of rotatable bonds is 8. The van der Waals surface area contributed by atoms with Gasteiger partial charge in [0.2, 0.25) is 5.91 Å².